The molecule has 0 N–H and O–H groups in total. The second-order valence-electron chi connectivity index (χ2n) is 7.95. The van der Waals surface area contributed by atoms with Crippen LogP contribution < -0.4 is 11.2 Å². The van der Waals surface area contributed by atoms with Crippen LogP contribution in [-0.2, 0) is 38.7 Å². The first-order chi connectivity index (χ1) is 16.6. The van der Waals surface area contributed by atoms with Crippen LogP contribution in [0.4, 0.5) is 23.4 Å². The zero-order valence-electron chi connectivity index (χ0n) is 18.5. The molecule has 2 aromatic heterocycles. The molecule has 9 nitrogen and oxygen atoms in total. The molecule has 0 atom stereocenters. The third kappa shape index (κ3) is 5.04. The number of hydrogen-bond acceptors (Lipinski definition) is 6. The van der Waals surface area contributed by atoms with Gasteiger partial charge in [-0.1, -0.05) is 24.6 Å². The first-order valence-electron chi connectivity index (χ1n) is 10.8. The molecule has 1 aliphatic heterocycles. The summed E-state index contributed by atoms with van der Waals surface area (Å²) in [5.41, 5.74) is -2.28. The summed E-state index contributed by atoms with van der Waals surface area (Å²) in [4.78, 5) is 31.0. The maximum Gasteiger partial charge on any atom is 0.416 e. The summed E-state index contributed by atoms with van der Waals surface area (Å²) in [6.45, 7) is 2.44. The number of rotatable bonds is 8. The molecule has 35 heavy (non-hydrogen) atoms. The lowest BCUT2D eigenvalue weighted by Gasteiger charge is -2.13. The van der Waals surface area contributed by atoms with Gasteiger partial charge in [-0.25, -0.2) is 14.2 Å². The van der Waals surface area contributed by atoms with Crippen molar-refractivity contribution in [1.82, 2.24) is 29.3 Å². The molecule has 1 aromatic carbocycles. The van der Waals surface area contributed by atoms with Crippen LogP contribution in [-0.4, -0.2) is 34.5 Å². The number of fused-ring (bicyclic) bond motifs is 1. The normalized spacial score (nSPS) is 13.3. The highest BCUT2D eigenvalue weighted by Crippen LogP contribution is 2.33. The minimum absolute atomic E-state index is 0.0503. The molecule has 4 rings (SSSR count). The van der Waals surface area contributed by atoms with Crippen LogP contribution >= 0.6 is 11.6 Å². The molecule has 14 heteroatoms. The predicted octanol–water partition coefficient (Wildman–Crippen LogP) is 3.07. The van der Waals surface area contributed by atoms with Gasteiger partial charge in [-0.05, 0) is 30.2 Å². The van der Waals surface area contributed by atoms with Crippen molar-refractivity contribution in [2.45, 2.75) is 58.4 Å². The Labute approximate surface area is 200 Å². The van der Waals surface area contributed by atoms with Crippen molar-refractivity contribution in [3.8, 4) is 0 Å². The smallest absolute Gasteiger partial charge is 0.278 e. The highest BCUT2D eigenvalue weighted by Gasteiger charge is 2.34. The standard InChI is InChI=1S/C21H20ClF4N7O2/c1-2-7-31-18-13(10-16(22)27-18)19(34)32(20(31)35)8-4-9-33-29-17(28-30-33)11-12-14(21(24,25)26)5-3-6-15(12)23/h3,5-6H,2,4,7-11H2,1H3. The molecule has 0 fully saturated rings. The van der Waals surface area contributed by atoms with Gasteiger partial charge in [-0.3, -0.25) is 13.9 Å². The van der Waals surface area contributed by atoms with E-state index in [1.165, 1.54) is 4.57 Å². The van der Waals surface area contributed by atoms with Crippen LogP contribution in [0.15, 0.2) is 32.8 Å². The molecule has 3 heterocycles. The van der Waals surface area contributed by atoms with E-state index in [2.05, 4.69) is 20.4 Å². The average Bonchev–Trinajstić information content (AvgIpc) is 3.40. The Morgan fingerprint density at radius 3 is 2.60 bits per heavy atom. The van der Waals surface area contributed by atoms with Crippen molar-refractivity contribution in [2.75, 3.05) is 0 Å². The van der Waals surface area contributed by atoms with Crippen molar-refractivity contribution in [3.63, 3.8) is 0 Å². The summed E-state index contributed by atoms with van der Waals surface area (Å²) in [5.74, 6) is -0.816. The van der Waals surface area contributed by atoms with Gasteiger partial charge in [0.25, 0.3) is 5.56 Å². The third-order valence-electron chi connectivity index (χ3n) is 5.48. The molecule has 1 aliphatic rings. The summed E-state index contributed by atoms with van der Waals surface area (Å²) in [5, 5.41) is 11.8. The number of aryl methyl sites for hydroxylation is 1. The van der Waals surface area contributed by atoms with Crippen LogP contribution in [0.1, 0.15) is 42.3 Å². The van der Waals surface area contributed by atoms with Crippen LogP contribution in [0.2, 0.25) is 0 Å². The predicted molar refractivity (Wildman–Crippen MR) is 119 cm³/mol. The number of nitrogens with zero attached hydrogens (tertiary/aromatic N) is 7. The minimum Gasteiger partial charge on any atom is -0.278 e. The summed E-state index contributed by atoms with van der Waals surface area (Å²) in [7, 11) is 0. The van der Waals surface area contributed by atoms with Gasteiger partial charge in [0.15, 0.2) is 5.82 Å². The molecule has 0 radical (unpaired) electrons. The quantitative estimate of drug-likeness (QED) is 0.431. The van der Waals surface area contributed by atoms with E-state index in [4.69, 9.17) is 11.6 Å². The first kappa shape index (κ1) is 24.8. The maximum absolute atomic E-state index is 14.1. The fourth-order valence-electron chi connectivity index (χ4n) is 3.92. The molecule has 186 valence electrons. The number of aliphatic imine (C=N–C) groups is 1. The van der Waals surface area contributed by atoms with E-state index in [1.807, 2.05) is 6.92 Å². The van der Waals surface area contributed by atoms with Gasteiger partial charge in [0.05, 0.1) is 17.7 Å². The van der Waals surface area contributed by atoms with E-state index < -0.39 is 40.8 Å². The van der Waals surface area contributed by atoms with E-state index in [-0.39, 0.29) is 42.7 Å². The van der Waals surface area contributed by atoms with Gasteiger partial charge in [0, 0.05) is 31.5 Å². The van der Waals surface area contributed by atoms with Gasteiger partial charge in [0.2, 0.25) is 0 Å². The van der Waals surface area contributed by atoms with Crippen molar-refractivity contribution in [3.05, 3.63) is 67.4 Å². The number of aromatic nitrogens is 6. The highest BCUT2D eigenvalue weighted by atomic mass is 35.5. The summed E-state index contributed by atoms with van der Waals surface area (Å²) < 4.78 is 56.2. The molecule has 0 aliphatic carbocycles. The Hall–Kier alpha value is -3.35. The van der Waals surface area contributed by atoms with Crippen molar-refractivity contribution >= 4 is 22.6 Å². The fourth-order valence-corrected chi connectivity index (χ4v) is 4.14. The number of halogens is 5. The molecule has 0 bridgehead atoms. The molecule has 3 aromatic rings. The zero-order chi connectivity index (χ0) is 25.3. The average molecular weight is 514 g/mol. The number of alkyl halides is 3. The Bertz CT molecular complexity index is 1410. The monoisotopic (exact) mass is 513 g/mol. The van der Waals surface area contributed by atoms with Gasteiger partial charge < -0.3 is 0 Å². The van der Waals surface area contributed by atoms with Gasteiger partial charge >= 0.3 is 11.9 Å². The lowest BCUT2D eigenvalue weighted by atomic mass is 10.0. The second kappa shape index (κ2) is 9.72. The molecular formula is C21H20ClF4N7O2. The van der Waals surface area contributed by atoms with Gasteiger partial charge in [-0.15, -0.1) is 10.2 Å². The molecule has 0 unspecified atom stereocenters. The lowest BCUT2D eigenvalue weighted by molar-refractivity contribution is -0.138. The van der Waals surface area contributed by atoms with E-state index in [0.29, 0.717) is 18.5 Å². The van der Waals surface area contributed by atoms with Crippen LogP contribution in [0.5, 0.6) is 0 Å². The molecule has 0 saturated heterocycles. The Balaban J connectivity index is 1.48. The van der Waals surface area contributed by atoms with E-state index >= 15 is 0 Å². The SMILES string of the molecule is CCCn1c2c(c(=O)n(CCCn3nnc(Cc4c(F)cccc4C(F)(F)F)n3)c1=O)CC(Cl)=N2. The summed E-state index contributed by atoms with van der Waals surface area (Å²) >= 11 is 5.99. The second-order valence-corrected chi connectivity index (χ2v) is 8.39. The zero-order valence-corrected chi connectivity index (χ0v) is 19.3. The lowest BCUT2D eigenvalue weighted by Crippen LogP contribution is -2.41. The van der Waals surface area contributed by atoms with Gasteiger partial charge in [0.1, 0.15) is 16.8 Å². The topological polar surface area (TPSA) is 100.0 Å². The maximum atomic E-state index is 14.1. The van der Waals surface area contributed by atoms with E-state index in [9.17, 15) is 27.2 Å². The van der Waals surface area contributed by atoms with Crippen molar-refractivity contribution in [2.24, 2.45) is 4.99 Å². The molecule has 0 spiro atoms. The molecular weight excluding hydrogens is 494 g/mol. The first-order valence-corrected chi connectivity index (χ1v) is 11.2. The van der Waals surface area contributed by atoms with Crippen LogP contribution in [0.25, 0.3) is 0 Å². The number of tetrazole rings is 1. The largest absolute Gasteiger partial charge is 0.416 e. The van der Waals surface area contributed by atoms with Gasteiger partial charge in [-0.2, -0.15) is 18.0 Å². The van der Waals surface area contributed by atoms with Crippen LogP contribution in [0, 0.1) is 5.82 Å². The molecule has 0 amide bonds. The van der Waals surface area contributed by atoms with E-state index in [1.54, 1.807) is 0 Å². The van der Waals surface area contributed by atoms with Crippen LogP contribution in [0.3, 0.4) is 0 Å². The fraction of sp³-hybridized carbons (Fsp3) is 0.429. The summed E-state index contributed by atoms with van der Waals surface area (Å²) in [6, 6.07) is 2.72. The molecule has 0 saturated carbocycles. The Morgan fingerprint density at radius 2 is 1.89 bits per heavy atom. The highest BCUT2D eigenvalue weighted by molar-refractivity contribution is 6.66. The minimum atomic E-state index is -4.73. The van der Waals surface area contributed by atoms with E-state index in [0.717, 1.165) is 27.6 Å². The summed E-state index contributed by atoms with van der Waals surface area (Å²) in [6.07, 6.45) is -4.15. The van der Waals surface area contributed by atoms with Crippen molar-refractivity contribution < 1.29 is 17.6 Å². The third-order valence-corrected chi connectivity index (χ3v) is 5.70. The Kier molecular flexibility index (Phi) is 6.88. The van der Waals surface area contributed by atoms with Crippen molar-refractivity contribution in [1.29, 1.82) is 0 Å². The number of hydrogen-bond donors (Lipinski definition) is 0. The Morgan fingerprint density at radius 1 is 1.11 bits per heavy atom. The number of benzene rings is 1.